The highest BCUT2D eigenvalue weighted by atomic mass is 19.4. The molecular weight excluding hydrogens is 277 g/mol. The first-order valence-electron chi connectivity index (χ1n) is 7.67. The topological polar surface area (TPSA) is 15.3 Å². The van der Waals surface area contributed by atoms with Crippen molar-refractivity contribution in [3.05, 3.63) is 35.4 Å². The zero-order valence-electron chi connectivity index (χ0n) is 12.0. The molecule has 0 spiro atoms. The maximum absolute atomic E-state index is 12.8. The molecule has 2 fully saturated rings. The van der Waals surface area contributed by atoms with E-state index in [2.05, 4.69) is 10.2 Å². The summed E-state index contributed by atoms with van der Waals surface area (Å²) >= 11 is 0. The van der Waals surface area contributed by atoms with Crippen LogP contribution in [0, 0.1) is 0 Å². The van der Waals surface area contributed by atoms with Gasteiger partial charge in [0.25, 0.3) is 0 Å². The highest BCUT2D eigenvalue weighted by Gasteiger charge is 2.34. The molecule has 3 rings (SSSR count). The fourth-order valence-electron chi connectivity index (χ4n) is 3.62. The Morgan fingerprint density at radius 2 is 2.05 bits per heavy atom. The van der Waals surface area contributed by atoms with E-state index in [4.69, 9.17) is 0 Å². The molecule has 2 unspecified atom stereocenters. The van der Waals surface area contributed by atoms with Crippen LogP contribution in [0.25, 0.3) is 0 Å². The van der Waals surface area contributed by atoms with Crippen LogP contribution in [0.2, 0.25) is 0 Å². The average Bonchev–Trinajstić information content (AvgIpc) is 3.08. The van der Waals surface area contributed by atoms with E-state index in [9.17, 15) is 13.2 Å². The van der Waals surface area contributed by atoms with Crippen molar-refractivity contribution >= 4 is 0 Å². The number of rotatable bonds is 3. The fourth-order valence-corrected chi connectivity index (χ4v) is 3.62. The molecule has 0 aliphatic carbocycles. The summed E-state index contributed by atoms with van der Waals surface area (Å²) in [5.41, 5.74) is 0.212. The summed E-state index contributed by atoms with van der Waals surface area (Å²) in [6.07, 6.45) is 0.425. The molecule has 2 saturated heterocycles. The zero-order valence-corrected chi connectivity index (χ0v) is 12.0. The van der Waals surface area contributed by atoms with Gasteiger partial charge in [-0.3, -0.25) is 4.90 Å². The highest BCUT2D eigenvalue weighted by Crippen LogP contribution is 2.31. The highest BCUT2D eigenvalue weighted by molar-refractivity contribution is 5.25. The minimum absolute atomic E-state index is 0.474. The molecule has 0 radical (unpaired) electrons. The lowest BCUT2D eigenvalue weighted by Crippen LogP contribution is -2.43. The monoisotopic (exact) mass is 298 g/mol. The number of likely N-dealkylation sites (tertiary alicyclic amines) is 1. The van der Waals surface area contributed by atoms with E-state index in [1.54, 1.807) is 6.07 Å². The number of nitrogens with one attached hydrogen (secondary N) is 1. The zero-order chi connectivity index (χ0) is 14.9. The van der Waals surface area contributed by atoms with Crippen molar-refractivity contribution < 1.29 is 13.2 Å². The van der Waals surface area contributed by atoms with Crippen LogP contribution in [0.3, 0.4) is 0 Å². The lowest BCUT2D eigenvalue weighted by Gasteiger charge is -2.29. The van der Waals surface area contributed by atoms with Gasteiger partial charge in [-0.1, -0.05) is 18.2 Å². The lowest BCUT2D eigenvalue weighted by atomic mass is 10.0. The van der Waals surface area contributed by atoms with E-state index in [1.807, 2.05) is 0 Å². The molecule has 116 valence electrons. The fraction of sp³-hybridized carbons (Fsp3) is 0.625. The summed E-state index contributed by atoms with van der Waals surface area (Å²) in [6.45, 7) is 2.67. The standard InChI is InChI=1S/C16H21F3N2/c17-16(18,19)13-5-1-4-12(10-13)11-21-9-3-7-15(21)14-6-2-8-20-14/h1,4-5,10,14-15,20H,2-3,6-9,11H2. The predicted octanol–water partition coefficient (Wildman–Crippen LogP) is 3.42. The van der Waals surface area contributed by atoms with E-state index in [1.165, 1.54) is 25.0 Å². The first-order valence-corrected chi connectivity index (χ1v) is 7.67. The van der Waals surface area contributed by atoms with Gasteiger partial charge in [-0.05, 0) is 50.4 Å². The van der Waals surface area contributed by atoms with Crippen LogP contribution in [-0.4, -0.2) is 30.1 Å². The van der Waals surface area contributed by atoms with Gasteiger partial charge in [0.1, 0.15) is 0 Å². The van der Waals surface area contributed by atoms with Crippen LogP contribution >= 0.6 is 0 Å². The normalized spacial score (nSPS) is 27.4. The molecule has 2 aliphatic heterocycles. The van der Waals surface area contributed by atoms with Crippen LogP contribution in [0.15, 0.2) is 24.3 Å². The van der Waals surface area contributed by atoms with Crippen molar-refractivity contribution in [3.8, 4) is 0 Å². The van der Waals surface area contributed by atoms with Crippen LogP contribution in [0.4, 0.5) is 13.2 Å². The molecular formula is C16H21F3N2. The maximum Gasteiger partial charge on any atom is 0.416 e. The number of hydrogen-bond donors (Lipinski definition) is 1. The van der Waals surface area contributed by atoms with Gasteiger partial charge in [-0.2, -0.15) is 13.2 Å². The molecule has 2 nitrogen and oxygen atoms in total. The molecule has 1 aromatic rings. The van der Waals surface area contributed by atoms with Gasteiger partial charge in [0, 0.05) is 18.6 Å². The third kappa shape index (κ3) is 3.40. The molecule has 0 saturated carbocycles. The smallest absolute Gasteiger partial charge is 0.312 e. The second kappa shape index (κ2) is 5.97. The summed E-state index contributed by atoms with van der Waals surface area (Å²) in [7, 11) is 0. The Morgan fingerprint density at radius 3 is 2.76 bits per heavy atom. The van der Waals surface area contributed by atoms with Gasteiger partial charge in [0.2, 0.25) is 0 Å². The van der Waals surface area contributed by atoms with E-state index in [0.717, 1.165) is 37.6 Å². The van der Waals surface area contributed by atoms with Crippen LogP contribution in [0.1, 0.15) is 36.8 Å². The summed E-state index contributed by atoms with van der Waals surface area (Å²) in [5, 5.41) is 3.53. The van der Waals surface area contributed by atoms with Crippen molar-refractivity contribution in [1.29, 1.82) is 0 Å². The Kier molecular flexibility index (Phi) is 4.22. The third-order valence-electron chi connectivity index (χ3n) is 4.62. The Hall–Kier alpha value is -1.07. The molecule has 1 N–H and O–H groups in total. The minimum Gasteiger partial charge on any atom is -0.312 e. The number of hydrogen-bond acceptors (Lipinski definition) is 2. The van der Waals surface area contributed by atoms with Gasteiger partial charge in [-0.25, -0.2) is 0 Å². The van der Waals surface area contributed by atoms with Crippen LogP contribution in [-0.2, 0) is 12.7 Å². The van der Waals surface area contributed by atoms with Gasteiger partial charge >= 0.3 is 6.18 Å². The molecule has 2 heterocycles. The van der Waals surface area contributed by atoms with Crippen molar-refractivity contribution in [2.45, 2.75) is 50.5 Å². The van der Waals surface area contributed by atoms with Crippen molar-refractivity contribution in [2.24, 2.45) is 0 Å². The quantitative estimate of drug-likeness (QED) is 0.920. The number of halogens is 3. The molecule has 5 heteroatoms. The lowest BCUT2D eigenvalue weighted by molar-refractivity contribution is -0.137. The number of nitrogens with zero attached hydrogens (tertiary/aromatic N) is 1. The summed E-state index contributed by atoms with van der Waals surface area (Å²) in [5.74, 6) is 0. The van der Waals surface area contributed by atoms with Gasteiger partial charge in [0.15, 0.2) is 0 Å². The summed E-state index contributed by atoms with van der Waals surface area (Å²) < 4.78 is 38.3. The first kappa shape index (κ1) is 14.9. The SMILES string of the molecule is FC(F)(F)c1cccc(CN2CCCC2C2CCCN2)c1. The van der Waals surface area contributed by atoms with Gasteiger partial charge < -0.3 is 5.32 Å². The van der Waals surface area contributed by atoms with E-state index < -0.39 is 11.7 Å². The van der Waals surface area contributed by atoms with Crippen molar-refractivity contribution in [2.75, 3.05) is 13.1 Å². The first-order chi connectivity index (χ1) is 10.0. The molecule has 2 aliphatic rings. The minimum atomic E-state index is -4.26. The largest absolute Gasteiger partial charge is 0.416 e. The molecule has 2 atom stereocenters. The second-order valence-corrected chi connectivity index (χ2v) is 6.08. The Balaban J connectivity index is 1.70. The average molecular weight is 298 g/mol. The predicted molar refractivity (Wildman–Crippen MR) is 75.9 cm³/mol. The molecule has 0 aromatic heterocycles. The van der Waals surface area contributed by atoms with Crippen molar-refractivity contribution in [1.82, 2.24) is 10.2 Å². The Labute approximate surface area is 123 Å². The summed E-state index contributed by atoms with van der Waals surface area (Å²) in [6, 6.07) is 6.73. The summed E-state index contributed by atoms with van der Waals surface area (Å²) in [4.78, 5) is 2.35. The molecule has 0 amide bonds. The number of benzene rings is 1. The Morgan fingerprint density at radius 1 is 1.19 bits per heavy atom. The number of alkyl halides is 3. The van der Waals surface area contributed by atoms with E-state index >= 15 is 0 Å². The van der Waals surface area contributed by atoms with Crippen LogP contribution < -0.4 is 5.32 Å². The van der Waals surface area contributed by atoms with E-state index in [0.29, 0.717) is 18.6 Å². The van der Waals surface area contributed by atoms with Gasteiger partial charge in [-0.15, -0.1) is 0 Å². The van der Waals surface area contributed by atoms with Crippen LogP contribution in [0.5, 0.6) is 0 Å². The maximum atomic E-state index is 12.8. The van der Waals surface area contributed by atoms with Gasteiger partial charge in [0.05, 0.1) is 5.56 Å². The molecule has 0 bridgehead atoms. The van der Waals surface area contributed by atoms with Crippen molar-refractivity contribution in [3.63, 3.8) is 0 Å². The third-order valence-corrected chi connectivity index (χ3v) is 4.62. The second-order valence-electron chi connectivity index (χ2n) is 6.08. The Bertz CT molecular complexity index is 481. The molecule has 1 aromatic carbocycles. The molecule has 21 heavy (non-hydrogen) atoms. The van der Waals surface area contributed by atoms with E-state index in [-0.39, 0.29) is 0 Å².